The fourth-order valence-electron chi connectivity index (χ4n) is 3.06. The fraction of sp³-hybridized carbons (Fsp3) is 0.478. The quantitative estimate of drug-likeness (QED) is 0.584. The monoisotopic (exact) mass is 427 g/mol. The Labute approximate surface area is 184 Å². The van der Waals surface area contributed by atoms with Gasteiger partial charge in [-0.2, -0.15) is 0 Å². The fourth-order valence-corrected chi connectivity index (χ4v) is 3.06. The van der Waals surface area contributed by atoms with Crippen molar-refractivity contribution in [2.75, 3.05) is 11.9 Å². The summed E-state index contributed by atoms with van der Waals surface area (Å²) in [6.45, 7) is 11.9. The summed E-state index contributed by atoms with van der Waals surface area (Å²) in [6, 6.07) is 7.71. The van der Waals surface area contributed by atoms with Gasteiger partial charge in [-0.3, -0.25) is 4.79 Å². The molecule has 0 radical (unpaired) electrons. The molecule has 1 aromatic heterocycles. The van der Waals surface area contributed by atoms with Crippen molar-refractivity contribution in [2.45, 2.75) is 65.9 Å². The van der Waals surface area contributed by atoms with Gasteiger partial charge in [0.2, 0.25) is 0 Å². The average Bonchev–Trinajstić information content (AvgIpc) is 2.70. The molecule has 0 unspecified atom stereocenters. The molecule has 31 heavy (non-hydrogen) atoms. The number of nitrogens with two attached hydrogens (primary N) is 1. The molecule has 0 spiro atoms. The first-order valence-electron chi connectivity index (χ1n) is 10.6. The zero-order valence-corrected chi connectivity index (χ0v) is 19.2. The second-order valence-corrected chi connectivity index (χ2v) is 8.42. The van der Waals surface area contributed by atoms with Crippen LogP contribution in [0.1, 0.15) is 74.9 Å². The van der Waals surface area contributed by atoms with Crippen molar-refractivity contribution in [1.29, 1.82) is 0 Å². The molecule has 1 aromatic carbocycles. The smallest absolute Gasteiger partial charge is 0.407 e. The molecule has 1 heterocycles. The summed E-state index contributed by atoms with van der Waals surface area (Å²) in [7, 11) is 0. The number of anilines is 2. The topological polar surface area (TPSA) is 119 Å². The summed E-state index contributed by atoms with van der Waals surface area (Å²) in [6.07, 6.45) is 0.934. The number of ether oxygens (including phenoxy) is 1. The molecule has 0 aliphatic heterocycles. The number of amides is 2. The molecule has 2 aromatic rings. The van der Waals surface area contributed by atoms with Crippen LogP contribution in [0.25, 0.3) is 0 Å². The Morgan fingerprint density at radius 3 is 2.35 bits per heavy atom. The van der Waals surface area contributed by atoms with E-state index in [-0.39, 0.29) is 11.6 Å². The summed E-state index contributed by atoms with van der Waals surface area (Å²) in [5.41, 5.74) is 8.50. The molecule has 2 rings (SSSR count). The van der Waals surface area contributed by atoms with Crippen LogP contribution in [0.5, 0.6) is 0 Å². The van der Waals surface area contributed by atoms with Crippen molar-refractivity contribution in [1.82, 2.24) is 15.3 Å². The Morgan fingerprint density at radius 1 is 1.13 bits per heavy atom. The Hall–Kier alpha value is -3.16. The molecule has 0 bridgehead atoms. The summed E-state index contributed by atoms with van der Waals surface area (Å²) < 4.78 is 5.28. The number of nitrogens with one attached hydrogen (secondary N) is 2. The van der Waals surface area contributed by atoms with Crippen LogP contribution in [0.3, 0.4) is 0 Å². The van der Waals surface area contributed by atoms with E-state index in [1.54, 1.807) is 0 Å². The minimum atomic E-state index is -0.626. The van der Waals surface area contributed by atoms with Crippen molar-refractivity contribution >= 4 is 23.5 Å². The van der Waals surface area contributed by atoms with Gasteiger partial charge < -0.3 is 21.1 Å². The van der Waals surface area contributed by atoms with Gasteiger partial charge in [0, 0.05) is 12.2 Å². The third-order valence-corrected chi connectivity index (χ3v) is 4.62. The van der Waals surface area contributed by atoms with E-state index in [9.17, 15) is 9.59 Å². The van der Waals surface area contributed by atoms with Crippen LogP contribution in [0.2, 0.25) is 0 Å². The van der Waals surface area contributed by atoms with E-state index >= 15 is 0 Å². The lowest BCUT2D eigenvalue weighted by Crippen LogP contribution is -2.34. The normalized spacial score (nSPS) is 12.2. The molecule has 1 atom stereocenters. The molecule has 0 aliphatic rings. The lowest BCUT2D eigenvalue weighted by Gasteiger charge is -2.21. The zero-order chi connectivity index (χ0) is 23.2. The van der Waals surface area contributed by atoms with Crippen molar-refractivity contribution in [3.05, 3.63) is 46.9 Å². The second-order valence-electron chi connectivity index (χ2n) is 8.42. The van der Waals surface area contributed by atoms with Crippen LogP contribution in [0.4, 0.5) is 16.3 Å². The standard InChI is InChI=1S/C23H33N5O3/c1-7-17-18(8-2)28-21(19(27-17)20(24)29)26-16-11-9-10-15(12-16)14(3)13-25-22(30)31-23(4,5)6/h9-12,14H,7-8,13H2,1-6H3,(H2,24,29)(H,25,30)(H,26,28)/t14-/m0/s1. The molecular formula is C23H33N5O3. The van der Waals surface area contributed by atoms with Gasteiger partial charge in [-0.1, -0.05) is 32.9 Å². The molecule has 2 amide bonds. The lowest BCUT2D eigenvalue weighted by molar-refractivity contribution is 0.0525. The van der Waals surface area contributed by atoms with E-state index in [4.69, 9.17) is 10.5 Å². The first kappa shape index (κ1) is 24.1. The highest BCUT2D eigenvalue weighted by molar-refractivity contribution is 5.96. The van der Waals surface area contributed by atoms with Gasteiger partial charge in [-0.25, -0.2) is 14.8 Å². The average molecular weight is 428 g/mol. The van der Waals surface area contributed by atoms with Gasteiger partial charge in [-0.15, -0.1) is 0 Å². The minimum Gasteiger partial charge on any atom is -0.444 e. The van der Waals surface area contributed by atoms with E-state index in [0.29, 0.717) is 25.2 Å². The van der Waals surface area contributed by atoms with Gasteiger partial charge in [0.25, 0.3) is 5.91 Å². The molecule has 0 aliphatic carbocycles. The van der Waals surface area contributed by atoms with Crippen LogP contribution in [0.15, 0.2) is 24.3 Å². The number of hydrogen-bond acceptors (Lipinski definition) is 6. The van der Waals surface area contributed by atoms with E-state index in [0.717, 1.165) is 22.6 Å². The predicted octanol–water partition coefficient (Wildman–Crippen LogP) is 4.07. The maximum atomic E-state index is 11.9. The molecular weight excluding hydrogens is 394 g/mol. The number of benzene rings is 1. The second kappa shape index (κ2) is 10.2. The van der Waals surface area contributed by atoms with Crippen LogP contribution >= 0.6 is 0 Å². The van der Waals surface area contributed by atoms with Crippen LogP contribution in [-0.2, 0) is 17.6 Å². The Bertz CT molecular complexity index is 937. The molecule has 8 heteroatoms. The lowest BCUT2D eigenvalue weighted by atomic mass is 10.0. The van der Waals surface area contributed by atoms with E-state index < -0.39 is 17.6 Å². The largest absolute Gasteiger partial charge is 0.444 e. The van der Waals surface area contributed by atoms with Crippen LogP contribution in [0, 0.1) is 0 Å². The molecule has 8 nitrogen and oxygen atoms in total. The number of primary amides is 1. The van der Waals surface area contributed by atoms with E-state index in [1.165, 1.54) is 0 Å². The van der Waals surface area contributed by atoms with Crippen LogP contribution in [-0.4, -0.2) is 34.1 Å². The zero-order valence-electron chi connectivity index (χ0n) is 19.2. The highest BCUT2D eigenvalue weighted by atomic mass is 16.6. The number of hydrogen-bond donors (Lipinski definition) is 3. The number of carbonyl (C=O) groups is 2. The number of alkyl carbamates (subject to hydrolysis) is 1. The van der Waals surface area contributed by atoms with Gasteiger partial charge in [0.1, 0.15) is 5.60 Å². The summed E-state index contributed by atoms with van der Waals surface area (Å²) in [5, 5.41) is 5.98. The number of nitrogens with zero attached hydrogens (tertiary/aromatic N) is 2. The highest BCUT2D eigenvalue weighted by Gasteiger charge is 2.18. The molecule has 168 valence electrons. The molecule has 0 saturated carbocycles. The summed E-state index contributed by atoms with van der Waals surface area (Å²) in [5.74, 6) is -0.235. The summed E-state index contributed by atoms with van der Waals surface area (Å²) >= 11 is 0. The Kier molecular flexibility index (Phi) is 7.96. The molecule has 4 N–H and O–H groups in total. The van der Waals surface area contributed by atoms with Crippen molar-refractivity contribution in [2.24, 2.45) is 5.73 Å². The highest BCUT2D eigenvalue weighted by Crippen LogP contribution is 2.24. The SMILES string of the molecule is CCc1nc(Nc2cccc([C@@H](C)CNC(=O)OC(C)(C)C)c2)c(C(N)=O)nc1CC. The van der Waals surface area contributed by atoms with Gasteiger partial charge in [-0.05, 0) is 57.2 Å². The van der Waals surface area contributed by atoms with Gasteiger partial charge in [0.05, 0.1) is 11.4 Å². The number of aryl methyl sites for hydroxylation is 2. The maximum absolute atomic E-state index is 11.9. The first-order chi connectivity index (χ1) is 14.5. The van der Waals surface area contributed by atoms with Crippen molar-refractivity contribution < 1.29 is 14.3 Å². The number of aromatic nitrogens is 2. The third kappa shape index (κ3) is 6.94. The maximum Gasteiger partial charge on any atom is 0.407 e. The summed E-state index contributed by atoms with van der Waals surface area (Å²) in [4.78, 5) is 32.9. The van der Waals surface area contributed by atoms with Gasteiger partial charge >= 0.3 is 6.09 Å². The van der Waals surface area contributed by atoms with E-state index in [2.05, 4.69) is 20.6 Å². The molecule has 0 saturated heterocycles. The number of carbonyl (C=O) groups excluding carboxylic acids is 2. The van der Waals surface area contributed by atoms with Gasteiger partial charge in [0.15, 0.2) is 11.5 Å². The van der Waals surface area contributed by atoms with E-state index in [1.807, 2.05) is 65.8 Å². The first-order valence-corrected chi connectivity index (χ1v) is 10.6. The van der Waals surface area contributed by atoms with Crippen molar-refractivity contribution in [3.8, 4) is 0 Å². The predicted molar refractivity (Wildman–Crippen MR) is 122 cm³/mol. The van der Waals surface area contributed by atoms with Crippen molar-refractivity contribution in [3.63, 3.8) is 0 Å². The van der Waals surface area contributed by atoms with Crippen LogP contribution < -0.4 is 16.4 Å². The minimum absolute atomic E-state index is 0.0460. The molecule has 0 fully saturated rings. The Balaban J connectivity index is 2.19. The third-order valence-electron chi connectivity index (χ3n) is 4.62. The number of rotatable bonds is 8. The Morgan fingerprint density at radius 2 is 1.77 bits per heavy atom.